The zero-order valence-corrected chi connectivity index (χ0v) is 18.2. The number of aryl methyl sites for hydroxylation is 1. The highest BCUT2D eigenvalue weighted by molar-refractivity contribution is 7.92. The lowest BCUT2D eigenvalue weighted by Gasteiger charge is -2.12. The average Bonchev–Trinajstić information content (AvgIpc) is 3.12. The van der Waals surface area contributed by atoms with Crippen molar-refractivity contribution < 1.29 is 26.3 Å². The van der Waals surface area contributed by atoms with E-state index >= 15 is 0 Å². The molecule has 0 bridgehead atoms. The maximum atomic E-state index is 12.4. The molecule has 12 heteroatoms. The van der Waals surface area contributed by atoms with E-state index in [1.807, 2.05) is 0 Å². The van der Waals surface area contributed by atoms with Crippen molar-refractivity contribution in [3.05, 3.63) is 66.5 Å². The molecule has 4 rings (SSSR count). The van der Waals surface area contributed by atoms with Crippen molar-refractivity contribution in [2.45, 2.75) is 13.3 Å². The minimum atomic E-state index is -4.76. The molecule has 33 heavy (non-hydrogen) atoms. The Kier molecular flexibility index (Phi) is 5.62. The number of benzene rings is 2. The van der Waals surface area contributed by atoms with Gasteiger partial charge in [-0.1, -0.05) is 18.2 Å². The Hall–Kier alpha value is -3.80. The molecule has 2 aromatic carbocycles. The molecule has 0 amide bonds. The molecule has 2 N–H and O–H groups in total. The predicted octanol–water partition coefficient (Wildman–Crippen LogP) is 4.72. The molecule has 0 aliphatic carbocycles. The van der Waals surface area contributed by atoms with Crippen LogP contribution < -0.4 is 14.8 Å². The summed E-state index contributed by atoms with van der Waals surface area (Å²) in [6.07, 6.45) is -0.448. The molecule has 0 saturated heterocycles. The molecule has 8 nitrogen and oxygen atoms in total. The molecule has 0 unspecified atom stereocenters. The van der Waals surface area contributed by atoms with Crippen LogP contribution in [-0.4, -0.2) is 35.6 Å². The molecule has 2 aromatic heterocycles. The highest BCUT2D eigenvalue weighted by atomic mass is 32.2. The number of aromatic nitrogens is 3. The summed E-state index contributed by atoms with van der Waals surface area (Å²) in [5.41, 5.74) is 3.50. The van der Waals surface area contributed by atoms with Crippen molar-refractivity contribution in [3.63, 3.8) is 0 Å². The highest BCUT2D eigenvalue weighted by Gasteiger charge is 2.31. The number of sulfonamides is 1. The zero-order chi connectivity index (χ0) is 23.8. The van der Waals surface area contributed by atoms with Gasteiger partial charge in [0.2, 0.25) is 10.0 Å². The van der Waals surface area contributed by atoms with E-state index in [4.69, 9.17) is 0 Å². The van der Waals surface area contributed by atoms with E-state index in [-0.39, 0.29) is 5.75 Å². The molecule has 4 aromatic rings. The minimum absolute atomic E-state index is 0.323. The largest absolute Gasteiger partial charge is 0.573 e. The first kappa shape index (κ1) is 22.4. The number of fused-ring (bicyclic) bond motifs is 1. The van der Waals surface area contributed by atoms with Crippen LogP contribution >= 0.6 is 0 Å². The molecule has 0 aliphatic heterocycles. The summed E-state index contributed by atoms with van der Waals surface area (Å²) >= 11 is 0. The van der Waals surface area contributed by atoms with Crippen molar-refractivity contribution in [2.24, 2.45) is 0 Å². The highest BCUT2D eigenvalue weighted by Crippen LogP contribution is 2.29. The number of rotatable bonds is 6. The normalized spacial score (nSPS) is 12.0. The number of ether oxygens (including phenoxy) is 1. The van der Waals surface area contributed by atoms with Gasteiger partial charge in [0.05, 0.1) is 18.1 Å². The first-order valence-electron chi connectivity index (χ1n) is 9.53. The van der Waals surface area contributed by atoms with Gasteiger partial charge in [-0.05, 0) is 48.4 Å². The van der Waals surface area contributed by atoms with Crippen LogP contribution in [0.1, 0.15) is 5.56 Å². The average molecular weight is 477 g/mol. The lowest BCUT2D eigenvalue weighted by Crippen LogP contribution is -2.16. The summed E-state index contributed by atoms with van der Waals surface area (Å²) in [5, 5.41) is 7.35. The van der Waals surface area contributed by atoms with Crippen LogP contribution in [0.25, 0.3) is 16.8 Å². The molecule has 0 radical (unpaired) electrons. The van der Waals surface area contributed by atoms with E-state index in [1.54, 1.807) is 43.6 Å². The molecule has 0 atom stereocenters. The number of alkyl halides is 3. The van der Waals surface area contributed by atoms with Gasteiger partial charge in [-0.2, -0.15) is 5.10 Å². The molecular formula is C21H18F3N5O3S. The van der Waals surface area contributed by atoms with E-state index in [2.05, 4.69) is 24.9 Å². The fourth-order valence-corrected chi connectivity index (χ4v) is 3.76. The van der Waals surface area contributed by atoms with Gasteiger partial charge in [0.1, 0.15) is 11.6 Å². The van der Waals surface area contributed by atoms with E-state index in [0.29, 0.717) is 34.0 Å². The van der Waals surface area contributed by atoms with Gasteiger partial charge >= 0.3 is 6.36 Å². The number of hydrogen-bond acceptors (Lipinski definition) is 6. The van der Waals surface area contributed by atoms with Crippen molar-refractivity contribution in [2.75, 3.05) is 16.3 Å². The van der Waals surface area contributed by atoms with Crippen LogP contribution in [0.15, 0.2) is 60.9 Å². The molecule has 0 fully saturated rings. The molecule has 2 heterocycles. The van der Waals surface area contributed by atoms with Gasteiger partial charge in [0.25, 0.3) is 0 Å². The van der Waals surface area contributed by atoms with Crippen LogP contribution in [0.5, 0.6) is 5.75 Å². The van der Waals surface area contributed by atoms with Crippen LogP contribution in [0, 0.1) is 6.92 Å². The molecule has 0 aliphatic rings. The SMILES string of the molecule is Cc1ccc(Nc2ccn3ncc(-c4ccc(OC(F)(F)F)cc4)c3n2)cc1NS(C)(=O)=O. The number of nitrogens with one attached hydrogen (secondary N) is 2. The third-order valence-corrected chi connectivity index (χ3v) is 5.16. The quantitative estimate of drug-likeness (QED) is 0.417. The third-order valence-electron chi connectivity index (χ3n) is 4.57. The molecule has 0 saturated carbocycles. The summed E-state index contributed by atoms with van der Waals surface area (Å²) < 4.78 is 68.2. The maximum absolute atomic E-state index is 12.4. The third kappa shape index (κ3) is 5.52. The van der Waals surface area contributed by atoms with Crippen molar-refractivity contribution >= 4 is 32.9 Å². The Bertz CT molecular complexity index is 1420. The number of nitrogens with zero attached hydrogens (tertiary/aromatic N) is 3. The van der Waals surface area contributed by atoms with Gasteiger partial charge in [-0.3, -0.25) is 4.72 Å². The summed E-state index contributed by atoms with van der Waals surface area (Å²) in [6, 6.07) is 12.3. The lowest BCUT2D eigenvalue weighted by atomic mass is 10.1. The van der Waals surface area contributed by atoms with Crippen LogP contribution in [0.3, 0.4) is 0 Å². The van der Waals surface area contributed by atoms with Gasteiger partial charge in [-0.25, -0.2) is 17.9 Å². The Morgan fingerprint density at radius 1 is 1.06 bits per heavy atom. The molecular weight excluding hydrogens is 459 g/mol. The number of hydrogen-bond donors (Lipinski definition) is 2. The van der Waals surface area contributed by atoms with Gasteiger partial charge in [-0.15, -0.1) is 13.2 Å². The van der Waals surface area contributed by atoms with Crippen molar-refractivity contribution in [1.29, 1.82) is 0 Å². The van der Waals surface area contributed by atoms with Gasteiger partial charge < -0.3 is 10.1 Å². The number of anilines is 3. The first-order valence-corrected chi connectivity index (χ1v) is 11.4. The van der Waals surface area contributed by atoms with Gasteiger partial charge in [0, 0.05) is 17.4 Å². The van der Waals surface area contributed by atoms with E-state index < -0.39 is 16.4 Å². The second-order valence-corrected chi connectivity index (χ2v) is 8.99. The van der Waals surface area contributed by atoms with Crippen molar-refractivity contribution in [1.82, 2.24) is 14.6 Å². The lowest BCUT2D eigenvalue weighted by molar-refractivity contribution is -0.274. The van der Waals surface area contributed by atoms with Crippen molar-refractivity contribution in [3.8, 4) is 16.9 Å². The second kappa shape index (κ2) is 8.28. The Morgan fingerprint density at radius 2 is 1.79 bits per heavy atom. The van der Waals surface area contributed by atoms with Crippen LogP contribution in [-0.2, 0) is 10.0 Å². The Labute approximate surface area is 187 Å². The van der Waals surface area contributed by atoms with E-state index in [0.717, 1.165) is 11.8 Å². The summed E-state index contributed by atoms with van der Waals surface area (Å²) in [5.74, 6) is 0.145. The summed E-state index contributed by atoms with van der Waals surface area (Å²) in [7, 11) is -3.44. The van der Waals surface area contributed by atoms with E-state index in [9.17, 15) is 21.6 Å². The first-order chi connectivity index (χ1) is 15.5. The molecule has 0 spiro atoms. The minimum Gasteiger partial charge on any atom is -0.406 e. The smallest absolute Gasteiger partial charge is 0.406 e. The predicted molar refractivity (Wildman–Crippen MR) is 118 cm³/mol. The Balaban J connectivity index is 1.62. The summed E-state index contributed by atoms with van der Waals surface area (Å²) in [4.78, 5) is 4.55. The summed E-state index contributed by atoms with van der Waals surface area (Å²) in [6.45, 7) is 1.78. The molecule has 172 valence electrons. The topological polar surface area (TPSA) is 97.6 Å². The van der Waals surface area contributed by atoms with Crippen LogP contribution in [0.2, 0.25) is 0 Å². The fraction of sp³-hybridized carbons (Fsp3) is 0.143. The zero-order valence-electron chi connectivity index (χ0n) is 17.4. The second-order valence-electron chi connectivity index (χ2n) is 7.24. The number of halogens is 3. The monoisotopic (exact) mass is 477 g/mol. The fourth-order valence-electron chi connectivity index (χ4n) is 3.14. The van der Waals surface area contributed by atoms with E-state index in [1.165, 1.54) is 28.8 Å². The van der Waals surface area contributed by atoms with Crippen LogP contribution in [0.4, 0.5) is 30.4 Å². The standard InChI is InChI=1S/C21H18F3N5O3S/c1-13-3-6-15(11-18(13)28-33(2,30)31)26-19-9-10-29-20(27-19)17(12-25-29)14-4-7-16(8-5-14)32-21(22,23)24/h3-12,28H,1-2H3,(H,26,27). The van der Waals surface area contributed by atoms with Gasteiger partial charge in [0.15, 0.2) is 5.65 Å². The maximum Gasteiger partial charge on any atom is 0.573 e. The Morgan fingerprint density at radius 3 is 2.45 bits per heavy atom.